The number of aliphatic hydroxyl groups excluding tert-OH is 1. The first-order valence-electron chi connectivity index (χ1n) is 5.95. The summed E-state index contributed by atoms with van der Waals surface area (Å²) in [5.41, 5.74) is 0.0476. The molecular weight excluding hydrogens is 206 g/mol. The maximum absolute atomic E-state index is 8.83. The zero-order valence-corrected chi connectivity index (χ0v) is 9.70. The molecule has 0 saturated carbocycles. The van der Waals surface area contributed by atoms with Gasteiger partial charge in [-0.3, -0.25) is 0 Å². The molecule has 1 aliphatic rings. The molecule has 0 spiro atoms. The SMILES string of the molecule is CCC1(c2nc(CCO)no2)CCNCC1. The maximum atomic E-state index is 8.83. The molecule has 0 aliphatic carbocycles. The molecule has 5 heteroatoms. The van der Waals surface area contributed by atoms with E-state index in [1.807, 2.05) is 0 Å². The Bertz CT molecular complexity index is 332. The van der Waals surface area contributed by atoms with Crippen molar-refractivity contribution in [3.05, 3.63) is 11.7 Å². The van der Waals surface area contributed by atoms with Crippen LogP contribution in [0.25, 0.3) is 0 Å². The van der Waals surface area contributed by atoms with Gasteiger partial charge < -0.3 is 14.9 Å². The van der Waals surface area contributed by atoms with Crippen molar-refractivity contribution in [2.45, 2.75) is 38.0 Å². The first-order valence-corrected chi connectivity index (χ1v) is 5.95. The largest absolute Gasteiger partial charge is 0.396 e. The highest BCUT2D eigenvalue weighted by atomic mass is 16.5. The molecule has 0 bridgehead atoms. The molecule has 0 aromatic carbocycles. The number of hydrogen-bond acceptors (Lipinski definition) is 5. The lowest BCUT2D eigenvalue weighted by Crippen LogP contribution is -2.39. The van der Waals surface area contributed by atoms with Gasteiger partial charge in [-0.15, -0.1) is 0 Å². The van der Waals surface area contributed by atoms with Gasteiger partial charge in [0, 0.05) is 6.42 Å². The lowest BCUT2D eigenvalue weighted by atomic mass is 9.76. The van der Waals surface area contributed by atoms with E-state index >= 15 is 0 Å². The number of piperidine rings is 1. The molecule has 90 valence electrons. The number of aliphatic hydroxyl groups is 1. The highest BCUT2D eigenvalue weighted by Crippen LogP contribution is 2.35. The van der Waals surface area contributed by atoms with Gasteiger partial charge in [0.1, 0.15) is 0 Å². The Morgan fingerprint density at radius 3 is 2.81 bits per heavy atom. The van der Waals surface area contributed by atoms with E-state index < -0.39 is 0 Å². The predicted octanol–water partition coefficient (Wildman–Crippen LogP) is 0.636. The number of hydrogen-bond donors (Lipinski definition) is 2. The van der Waals surface area contributed by atoms with Crippen LogP contribution in [0.15, 0.2) is 4.52 Å². The van der Waals surface area contributed by atoms with Crippen LogP contribution in [0.2, 0.25) is 0 Å². The molecule has 1 aromatic rings. The van der Waals surface area contributed by atoms with E-state index in [0.29, 0.717) is 12.2 Å². The minimum absolute atomic E-state index is 0.0476. The predicted molar refractivity (Wildman–Crippen MR) is 59.2 cm³/mol. The van der Waals surface area contributed by atoms with Crippen LogP contribution in [0.5, 0.6) is 0 Å². The van der Waals surface area contributed by atoms with Gasteiger partial charge in [-0.1, -0.05) is 12.1 Å². The van der Waals surface area contributed by atoms with Gasteiger partial charge in [0.05, 0.1) is 12.0 Å². The maximum Gasteiger partial charge on any atom is 0.232 e. The molecule has 2 heterocycles. The van der Waals surface area contributed by atoms with Gasteiger partial charge in [0.2, 0.25) is 5.89 Å². The molecule has 0 amide bonds. The van der Waals surface area contributed by atoms with E-state index in [1.54, 1.807) is 0 Å². The van der Waals surface area contributed by atoms with E-state index in [1.165, 1.54) is 0 Å². The van der Waals surface area contributed by atoms with Crippen molar-refractivity contribution in [2.75, 3.05) is 19.7 Å². The van der Waals surface area contributed by atoms with Crippen LogP contribution in [0.3, 0.4) is 0 Å². The Hall–Kier alpha value is -0.940. The Labute approximate surface area is 95.2 Å². The first kappa shape index (κ1) is 11.5. The van der Waals surface area contributed by atoms with Crippen LogP contribution >= 0.6 is 0 Å². The van der Waals surface area contributed by atoms with Crippen molar-refractivity contribution < 1.29 is 9.63 Å². The molecule has 2 rings (SSSR count). The van der Waals surface area contributed by atoms with Crippen molar-refractivity contribution in [1.29, 1.82) is 0 Å². The molecule has 1 aliphatic heterocycles. The Balaban J connectivity index is 2.18. The van der Waals surface area contributed by atoms with Crippen LogP contribution < -0.4 is 5.32 Å². The molecule has 2 N–H and O–H groups in total. The average Bonchev–Trinajstić information content (AvgIpc) is 2.80. The van der Waals surface area contributed by atoms with Gasteiger partial charge in [0.15, 0.2) is 5.82 Å². The molecular formula is C11H19N3O2. The minimum atomic E-state index is 0.0476. The molecule has 0 unspecified atom stereocenters. The third kappa shape index (κ3) is 2.10. The lowest BCUT2D eigenvalue weighted by Gasteiger charge is -2.33. The Morgan fingerprint density at radius 2 is 2.19 bits per heavy atom. The second-order valence-electron chi connectivity index (χ2n) is 4.37. The van der Waals surface area contributed by atoms with Gasteiger partial charge in [-0.25, -0.2) is 0 Å². The van der Waals surface area contributed by atoms with Crippen LogP contribution in [-0.2, 0) is 11.8 Å². The number of nitrogens with one attached hydrogen (secondary N) is 1. The third-order valence-corrected chi connectivity index (χ3v) is 3.49. The summed E-state index contributed by atoms with van der Waals surface area (Å²) in [7, 11) is 0. The quantitative estimate of drug-likeness (QED) is 0.786. The van der Waals surface area contributed by atoms with Crippen LogP contribution in [-0.4, -0.2) is 34.9 Å². The molecule has 1 saturated heterocycles. The van der Waals surface area contributed by atoms with Crippen LogP contribution in [0.1, 0.15) is 37.9 Å². The summed E-state index contributed by atoms with van der Waals surface area (Å²) in [6, 6.07) is 0. The summed E-state index contributed by atoms with van der Waals surface area (Å²) in [4.78, 5) is 4.40. The Morgan fingerprint density at radius 1 is 1.44 bits per heavy atom. The van der Waals surface area contributed by atoms with Crippen molar-refractivity contribution >= 4 is 0 Å². The standard InChI is InChI=1S/C11H19N3O2/c1-2-11(4-6-12-7-5-11)10-13-9(3-8-15)14-16-10/h12,15H,2-8H2,1H3. The topological polar surface area (TPSA) is 71.2 Å². The highest BCUT2D eigenvalue weighted by molar-refractivity contribution is 5.07. The summed E-state index contributed by atoms with van der Waals surface area (Å²) in [6.45, 7) is 4.25. The highest BCUT2D eigenvalue weighted by Gasteiger charge is 2.37. The molecule has 16 heavy (non-hydrogen) atoms. The smallest absolute Gasteiger partial charge is 0.232 e. The molecule has 1 aromatic heterocycles. The third-order valence-electron chi connectivity index (χ3n) is 3.49. The van der Waals surface area contributed by atoms with Crippen LogP contribution in [0, 0.1) is 0 Å². The summed E-state index contributed by atoms with van der Waals surface area (Å²) >= 11 is 0. The van der Waals surface area contributed by atoms with Gasteiger partial charge in [-0.05, 0) is 32.4 Å². The zero-order valence-electron chi connectivity index (χ0n) is 9.70. The monoisotopic (exact) mass is 225 g/mol. The molecule has 0 atom stereocenters. The van der Waals surface area contributed by atoms with E-state index in [0.717, 1.165) is 38.2 Å². The first-order chi connectivity index (χ1) is 7.80. The fourth-order valence-corrected chi connectivity index (χ4v) is 2.29. The van der Waals surface area contributed by atoms with Crippen molar-refractivity contribution in [3.63, 3.8) is 0 Å². The second kappa shape index (κ2) is 4.93. The van der Waals surface area contributed by atoms with E-state index in [4.69, 9.17) is 9.63 Å². The Kier molecular flexibility index (Phi) is 3.56. The zero-order chi connectivity index (χ0) is 11.4. The van der Waals surface area contributed by atoms with Gasteiger partial charge in [-0.2, -0.15) is 4.98 Å². The fourth-order valence-electron chi connectivity index (χ4n) is 2.29. The van der Waals surface area contributed by atoms with Crippen LogP contribution in [0.4, 0.5) is 0 Å². The van der Waals surface area contributed by atoms with Crippen molar-refractivity contribution in [3.8, 4) is 0 Å². The van der Waals surface area contributed by atoms with E-state index in [9.17, 15) is 0 Å². The van der Waals surface area contributed by atoms with Crippen molar-refractivity contribution in [2.24, 2.45) is 0 Å². The molecule has 0 radical (unpaired) electrons. The normalized spacial score (nSPS) is 19.9. The van der Waals surface area contributed by atoms with Gasteiger partial charge in [0.25, 0.3) is 0 Å². The number of aromatic nitrogens is 2. The van der Waals surface area contributed by atoms with E-state index in [-0.39, 0.29) is 12.0 Å². The fraction of sp³-hybridized carbons (Fsp3) is 0.818. The molecule has 5 nitrogen and oxygen atoms in total. The summed E-state index contributed by atoms with van der Waals surface area (Å²) < 4.78 is 5.35. The number of rotatable bonds is 4. The average molecular weight is 225 g/mol. The molecule has 1 fully saturated rings. The number of nitrogens with zero attached hydrogens (tertiary/aromatic N) is 2. The minimum Gasteiger partial charge on any atom is -0.396 e. The summed E-state index contributed by atoms with van der Waals surface area (Å²) in [5.74, 6) is 1.36. The van der Waals surface area contributed by atoms with E-state index in [2.05, 4.69) is 22.4 Å². The summed E-state index contributed by atoms with van der Waals surface area (Å²) in [6.07, 6.45) is 3.59. The van der Waals surface area contributed by atoms with Crippen molar-refractivity contribution in [1.82, 2.24) is 15.5 Å². The summed E-state index contributed by atoms with van der Waals surface area (Å²) in [5, 5.41) is 16.1. The van der Waals surface area contributed by atoms with Gasteiger partial charge >= 0.3 is 0 Å². The second-order valence-corrected chi connectivity index (χ2v) is 4.37. The lowest BCUT2D eigenvalue weighted by molar-refractivity contribution is 0.215.